The van der Waals surface area contributed by atoms with E-state index in [0.29, 0.717) is 42.0 Å². The molecule has 0 radical (unpaired) electrons. The van der Waals surface area contributed by atoms with Crippen LogP contribution < -0.4 is 10.7 Å². The highest BCUT2D eigenvalue weighted by molar-refractivity contribution is 6.40. The summed E-state index contributed by atoms with van der Waals surface area (Å²) in [5, 5.41) is 11.9. The lowest BCUT2D eigenvalue weighted by molar-refractivity contribution is -0.115. The van der Waals surface area contributed by atoms with Crippen LogP contribution in [0.1, 0.15) is 32.7 Å². The maximum atomic E-state index is 13.0. The molecule has 0 aliphatic carbocycles. The average Bonchev–Trinajstić information content (AvgIpc) is 3.23. The van der Waals surface area contributed by atoms with Crippen molar-refractivity contribution in [1.82, 2.24) is 9.88 Å². The molecule has 0 spiro atoms. The Hall–Kier alpha value is -4.00. The van der Waals surface area contributed by atoms with Gasteiger partial charge in [-0.15, -0.1) is 0 Å². The third-order valence-corrected chi connectivity index (χ3v) is 5.29. The molecule has 0 unspecified atom stereocenters. The van der Waals surface area contributed by atoms with Crippen LogP contribution in [0, 0.1) is 0 Å². The standard InChI is InChI=1S/C24H21N3O4/c1-27-14-18(11-15-7-9-17(10-8-15)24(30)31)22(28)21-20(27)12-19(26-21)23(29)25-13-16-5-3-2-4-6-16/h2-10,14H,11-13H2,1H3,(H,25,29)(H,30,31). The van der Waals surface area contributed by atoms with Crippen LogP contribution >= 0.6 is 0 Å². The number of amides is 1. The molecule has 1 aliphatic heterocycles. The summed E-state index contributed by atoms with van der Waals surface area (Å²) in [6.07, 6.45) is 2.41. The summed E-state index contributed by atoms with van der Waals surface area (Å²) in [4.78, 5) is 40.9. The second-order valence-electron chi connectivity index (χ2n) is 7.47. The number of aromatic carboxylic acids is 1. The van der Waals surface area contributed by atoms with Gasteiger partial charge in [0.05, 0.1) is 11.3 Å². The van der Waals surface area contributed by atoms with Crippen molar-refractivity contribution in [2.24, 2.45) is 12.0 Å². The molecule has 0 fully saturated rings. The molecule has 3 aromatic rings. The van der Waals surface area contributed by atoms with Crippen molar-refractivity contribution >= 4 is 23.3 Å². The van der Waals surface area contributed by atoms with E-state index in [9.17, 15) is 14.4 Å². The van der Waals surface area contributed by atoms with Crippen LogP contribution in [0.2, 0.25) is 0 Å². The number of nitrogens with one attached hydrogen (secondary N) is 1. The second-order valence-corrected chi connectivity index (χ2v) is 7.47. The van der Waals surface area contributed by atoms with Gasteiger partial charge in [0.2, 0.25) is 5.43 Å². The number of fused-ring (bicyclic) bond motifs is 1. The molecule has 1 aromatic heterocycles. The predicted octanol–water partition coefficient (Wildman–Crippen LogP) is 2.62. The lowest BCUT2D eigenvalue weighted by Gasteiger charge is -2.10. The highest BCUT2D eigenvalue weighted by Gasteiger charge is 2.25. The van der Waals surface area contributed by atoms with E-state index in [0.717, 1.165) is 11.1 Å². The van der Waals surface area contributed by atoms with E-state index >= 15 is 0 Å². The Kier molecular flexibility index (Phi) is 5.49. The third-order valence-electron chi connectivity index (χ3n) is 5.29. The monoisotopic (exact) mass is 415 g/mol. The maximum Gasteiger partial charge on any atom is 0.335 e. The number of nitrogens with zero attached hydrogens (tertiary/aromatic N) is 2. The van der Waals surface area contributed by atoms with Crippen molar-refractivity contribution in [2.75, 3.05) is 0 Å². The zero-order valence-electron chi connectivity index (χ0n) is 17.0. The Morgan fingerprint density at radius 3 is 2.45 bits per heavy atom. The second kappa shape index (κ2) is 8.39. The molecule has 1 amide bonds. The summed E-state index contributed by atoms with van der Waals surface area (Å²) in [6.45, 7) is 0.392. The minimum atomic E-state index is -0.993. The van der Waals surface area contributed by atoms with Crippen molar-refractivity contribution < 1.29 is 14.7 Å². The van der Waals surface area contributed by atoms with E-state index in [2.05, 4.69) is 10.3 Å². The van der Waals surface area contributed by atoms with Crippen LogP contribution in [0.25, 0.3) is 0 Å². The number of carbonyl (C=O) groups excluding carboxylic acids is 1. The van der Waals surface area contributed by atoms with Gasteiger partial charge in [-0.25, -0.2) is 9.79 Å². The van der Waals surface area contributed by atoms with Crippen molar-refractivity contribution in [3.8, 4) is 0 Å². The molecule has 0 atom stereocenters. The van der Waals surface area contributed by atoms with Gasteiger partial charge in [0.15, 0.2) is 0 Å². The molecule has 1 aliphatic rings. The zero-order chi connectivity index (χ0) is 22.0. The van der Waals surface area contributed by atoms with E-state index in [-0.39, 0.29) is 16.9 Å². The Balaban J connectivity index is 1.53. The molecular formula is C24H21N3O4. The van der Waals surface area contributed by atoms with Crippen molar-refractivity contribution in [3.63, 3.8) is 0 Å². The first kappa shape index (κ1) is 20.3. The highest BCUT2D eigenvalue weighted by atomic mass is 16.4. The Bertz CT molecular complexity index is 1240. The van der Waals surface area contributed by atoms with Gasteiger partial charge in [-0.05, 0) is 23.3 Å². The summed E-state index contributed by atoms with van der Waals surface area (Å²) in [5.41, 5.74) is 3.66. The molecule has 2 N–H and O–H groups in total. The van der Waals surface area contributed by atoms with Crippen molar-refractivity contribution in [2.45, 2.75) is 19.4 Å². The average molecular weight is 415 g/mol. The van der Waals surface area contributed by atoms with Gasteiger partial charge in [-0.3, -0.25) is 9.59 Å². The number of carboxylic acid groups (broad SMARTS) is 1. The van der Waals surface area contributed by atoms with Crippen LogP contribution in [0.5, 0.6) is 0 Å². The molecule has 2 aromatic carbocycles. The van der Waals surface area contributed by atoms with Gasteiger partial charge in [-0.1, -0.05) is 42.5 Å². The Morgan fingerprint density at radius 2 is 1.77 bits per heavy atom. The van der Waals surface area contributed by atoms with Crippen LogP contribution in [-0.4, -0.2) is 27.3 Å². The fourth-order valence-electron chi connectivity index (χ4n) is 3.60. The molecule has 2 heterocycles. The van der Waals surface area contributed by atoms with Gasteiger partial charge in [0, 0.05) is 38.2 Å². The smallest absolute Gasteiger partial charge is 0.335 e. The predicted molar refractivity (Wildman–Crippen MR) is 117 cm³/mol. The summed E-state index contributed by atoms with van der Waals surface area (Å²) >= 11 is 0. The van der Waals surface area contributed by atoms with Gasteiger partial charge < -0.3 is 15.0 Å². The first-order chi connectivity index (χ1) is 14.9. The van der Waals surface area contributed by atoms with E-state index in [1.54, 1.807) is 18.3 Å². The molecule has 0 saturated heterocycles. The summed E-state index contributed by atoms with van der Waals surface area (Å²) in [5.74, 6) is -1.28. The van der Waals surface area contributed by atoms with Crippen LogP contribution in [0.4, 0.5) is 5.69 Å². The minimum Gasteiger partial charge on any atom is -0.478 e. The fraction of sp³-hybridized carbons (Fsp3) is 0.167. The zero-order valence-corrected chi connectivity index (χ0v) is 17.0. The molecule has 0 bridgehead atoms. The number of aryl methyl sites for hydroxylation is 1. The van der Waals surface area contributed by atoms with E-state index in [1.165, 1.54) is 12.1 Å². The summed E-state index contributed by atoms with van der Waals surface area (Å²) in [6, 6.07) is 16.0. The quantitative estimate of drug-likeness (QED) is 0.646. The summed E-state index contributed by atoms with van der Waals surface area (Å²) in [7, 11) is 1.83. The minimum absolute atomic E-state index is 0.196. The van der Waals surface area contributed by atoms with Crippen LogP contribution in [0.3, 0.4) is 0 Å². The van der Waals surface area contributed by atoms with E-state index < -0.39 is 5.97 Å². The molecule has 0 saturated carbocycles. The number of carboxylic acids is 1. The number of rotatable bonds is 6. The van der Waals surface area contributed by atoms with Gasteiger partial charge in [0.1, 0.15) is 11.4 Å². The van der Waals surface area contributed by atoms with Gasteiger partial charge in [-0.2, -0.15) is 0 Å². The van der Waals surface area contributed by atoms with Gasteiger partial charge in [0.25, 0.3) is 5.91 Å². The third kappa shape index (κ3) is 4.30. The van der Waals surface area contributed by atoms with Crippen molar-refractivity contribution in [3.05, 3.63) is 99.0 Å². The first-order valence-electron chi connectivity index (χ1n) is 9.85. The number of aliphatic imine (C=N–C) groups is 1. The molecule has 7 nitrogen and oxygen atoms in total. The van der Waals surface area contributed by atoms with Crippen LogP contribution in [-0.2, 0) is 31.2 Å². The summed E-state index contributed by atoms with van der Waals surface area (Å²) < 4.78 is 1.83. The lowest BCUT2D eigenvalue weighted by atomic mass is 10.0. The normalized spacial score (nSPS) is 12.2. The van der Waals surface area contributed by atoms with E-state index in [1.807, 2.05) is 41.9 Å². The molecule has 4 rings (SSSR count). The number of carbonyl (C=O) groups is 2. The molecule has 31 heavy (non-hydrogen) atoms. The number of aromatic nitrogens is 1. The molecule has 156 valence electrons. The largest absolute Gasteiger partial charge is 0.478 e. The van der Waals surface area contributed by atoms with Gasteiger partial charge >= 0.3 is 5.97 Å². The molecule has 7 heteroatoms. The molecular weight excluding hydrogens is 394 g/mol. The number of pyridine rings is 1. The Labute approximate surface area is 178 Å². The fourth-order valence-corrected chi connectivity index (χ4v) is 3.60. The lowest BCUT2D eigenvalue weighted by Crippen LogP contribution is -2.30. The SMILES string of the molecule is Cn1cc(Cc2ccc(C(=O)O)cc2)c(=O)c2c1CC(C(=O)NCc1ccccc1)=N2. The maximum absolute atomic E-state index is 13.0. The first-order valence-corrected chi connectivity index (χ1v) is 9.85. The number of benzene rings is 2. The van der Waals surface area contributed by atoms with E-state index in [4.69, 9.17) is 5.11 Å². The van der Waals surface area contributed by atoms with Crippen molar-refractivity contribution in [1.29, 1.82) is 0 Å². The Morgan fingerprint density at radius 1 is 1.06 bits per heavy atom. The highest BCUT2D eigenvalue weighted by Crippen LogP contribution is 2.24. The van der Waals surface area contributed by atoms with Crippen LogP contribution in [0.15, 0.2) is 70.6 Å². The topological polar surface area (TPSA) is 101 Å². The number of hydrogen-bond acceptors (Lipinski definition) is 4. The number of hydrogen-bond donors (Lipinski definition) is 2.